The molecule has 0 spiro atoms. The van der Waals surface area contributed by atoms with Crippen molar-refractivity contribution in [1.29, 1.82) is 0 Å². The maximum absolute atomic E-state index is 11.9. The molecule has 0 saturated carbocycles. The third kappa shape index (κ3) is 3.46. The van der Waals surface area contributed by atoms with Crippen LogP contribution in [0.4, 0.5) is 5.69 Å². The first-order chi connectivity index (χ1) is 9.16. The van der Waals surface area contributed by atoms with Gasteiger partial charge in [-0.2, -0.15) is 0 Å². The van der Waals surface area contributed by atoms with Gasteiger partial charge in [0.25, 0.3) is 0 Å². The Kier molecular flexibility index (Phi) is 3.99. The van der Waals surface area contributed by atoms with Crippen LogP contribution in [0.3, 0.4) is 0 Å². The highest BCUT2D eigenvalue weighted by Crippen LogP contribution is 2.12. The van der Waals surface area contributed by atoms with Crippen LogP contribution in [-0.2, 0) is 0 Å². The highest BCUT2D eigenvalue weighted by molar-refractivity contribution is 6.09. The topological polar surface area (TPSA) is 35.9 Å². The lowest BCUT2D eigenvalue weighted by Crippen LogP contribution is -2.13. The fourth-order valence-electron chi connectivity index (χ4n) is 1.56. The number of ketones is 1. The second-order valence-corrected chi connectivity index (χ2v) is 4.29. The van der Waals surface area contributed by atoms with Gasteiger partial charge in [0.1, 0.15) is 6.67 Å². The molecule has 4 nitrogen and oxygen atoms in total. The summed E-state index contributed by atoms with van der Waals surface area (Å²) in [6.07, 6.45) is 5.29. The Bertz CT molecular complexity index is 574. The zero-order valence-corrected chi connectivity index (χ0v) is 11.0. The lowest BCUT2D eigenvalue weighted by Gasteiger charge is -2.12. The monoisotopic (exact) mass is 253 g/mol. The van der Waals surface area contributed by atoms with Gasteiger partial charge in [-0.25, -0.2) is 0 Å². The standard InChI is InChI=1S/C15H15N3O/c1-17(2)14-6-4-13(5-7-14)15(19)8-11-18-10-3-9-16-12-18/h3-7,9-10H,12H2,1-2H3. The van der Waals surface area contributed by atoms with E-state index in [0.29, 0.717) is 12.2 Å². The summed E-state index contributed by atoms with van der Waals surface area (Å²) in [6, 6.07) is 10.2. The van der Waals surface area contributed by atoms with E-state index in [1.165, 1.54) is 0 Å². The molecule has 1 aliphatic rings. The number of rotatable bonds is 2. The first-order valence-electron chi connectivity index (χ1n) is 5.93. The number of aliphatic imine (C=N–C) groups is 1. The molecule has 0 unspecified atom stereocenters. The van der Waals surface area contributed by atoms with E-state index in [2.05, 4.69) is 17.0 Å². The average molecular weight is 253 g/mol. The Balaban J connectivity index is 2.06. The number of hydrogen-bond donors (Lipinski definition) is 0. The molecule has 0 fully saturated rings. The molecule has 0 saturated heterocycles. The van der Waals surface area contributed by atoms with Gasteiger partial charge in [0, 0.05) is 49.7 Å². The second-order valence-electron chi connectivity index (χ2n) is 4.29. The van der Waals surface area contributed by atoms with E-state index in [9.17, 15) is 4.79 Å². The molecule has 0 radical (unpaired) electrons. The molecule has 0 amide bonds. The van der Waals surface area contributed by atoms with E-state index in [4.69, 9.17) is 0 Å². The van der Waals surface area contributed by atoms with Gasteiger partial charge in [0.05, 0.1) is 0 Å². The van der Waals surface area contributed by atoms with Crippen LogP contribution in [-0.4, -0.2) is 37.7 Å². The number of anilines is 1. The first kappa shape index (κ1) is 12.9. The first-order valence-corrected chi connectivity index (χ1v) is 5.93. The van der Waals surface area contributed by atoms with Crippen LogP contribution in [0, 0.1) is 12.0 Å². The van der Waals surface area contributed by atoms with E-state index < -0.39 is 0 Å². The molecular weight excluding hydrogens is 238 g/mol. The molecule has 0 atom stereocenters. The van der Waals surface area contributed by atoms with Crippen LogP contribution in [0.2, 0.25) is 0 Å². The minimum Gasteiger partial charge on any atom is -0.378 e. The highest BCUT2D eigenvalue weighted by atomic mass is 16.1. The number of hydrogen-bond acceptors (Lipinski definition) is 4. The van der Waals surface area contributed by atoms with Crippen LogP contribution in [0.25, 0.3) is 0 Å². The quantitative estimate of drug-likeness (QED) is 0.595. The van der Waals surface area contributed by atoms with E-state index in [-0.39, 0.29) is 5.78 Å². The van der Waals surface area contributed by atoms with Gasteiger partial charge in [0.15, 0.2) is 0 Å². The van der Waals surface area contributed by atoms with Crippen molar-refractivity contribution in [3.63, 3.8) is 0 Å². The lowest BCUT2D eigenvalue weighted by molar-refractivity contribution is 0.105. The summed E-state index contributed by atoms with van der Waals surface area (Å²) in [7, 11) is 3.92. The molecule has 1 heterocycles. The molecular formula is C15H15N3O. The summed E-state index contributed by atoms with van der Waals surface area (Å²) in [5.74, 6) is 2.43. The second kappa shape index (κ2) is 5.87. The maximum Gasteiger partial charge on any atom is 0.237 e. The van der Waals surface area contributed by atoms with E-state index in [0.717, 1.165) is 5.69 Å². The smallest absolute Gasteiger partial charge is 0.237 e. The Hall–Kier alpha value is -2.54. The van der Waals surface area contributed by atoms with Crippen molar-refractivity contribution < 1.29 is 4.79 Å². The summed E-state index contributed by atoms with van der Waals surface area (Å²) in [5, 5.41) is 0. The van der Waals surface area contributed by atoms with Gasteiger partial charge < -0.3 is 4.90 Å². The van der Waals surface area contributed by atoms with Crippen LogP contribution >= 0.6 is 0 Å². The number of Topliss-reactive ketones (excluding diaryl/α,β-unsaturated/α-hetero) is 1. The molecule has 2 rings (SSSR count). The van der Waals surface area contributed by atoms with Gasteiger partial charge in [-0.1, -0.05) is 0 Å². The fourth-order valence-corrected chi connectivity index (χ4v) is 1.56. The van der Waals surface area contributed by atoms with E-state index in [1.54, 1.807) is 35.5 Å². The Morgan fingerprint density at radius 1 is 1.32 bits per heavy atom. The third-order valence-electron chi connectivity index (χ3n) is 2.65. The number of benzene rings is 1. The number of nitrogens with zero attached hydrogens (tertiary/aromatic N) is 3. The predicted molar refractivity (Wildman–Crippen MR) is 77.2 cm³/mol. The predicted octanol–water partition coefficient (Wildman–Crippen LogP) is 1.75. The Labute approximate surface area is 113 Å². The van der Waals surface area contributed by atoms with Gasteiger partial charge >= 0.3 is 0 Å². The molecule has 19 heavy (non-hydrogen) atoms. The van der Waals surface area contributed by atoms with Crippen molar-refractivity contribution in [2.75, 3.05) is 25.7 Å². The molecule has 1 aromatic rings. The molecule has 0 bridgehead atoms. The molecule has 0 N–H and O–H groups in total. The van der Waals surface area contributed by atoms with Crippen molar-refractivity contribution in [3.8, 4) is 12.0 Å². The Morgan fingerprint density at radius 3 is 2.63 bits per heavy atom. The number of allylic oxidation sites excluding steroid dienone is 1. The van der Waals surface area contributed by atoms with Crippen molar-refractivity contribution in [2.24, 2.45) is 4.99 Å². The van der Waals surface area contributed by atoms with E-state index in [1.807, 2.05) is 31.1 Å². The summed E-state index contributed by atoms with van der Waals surface area (Å²) < 4.78 is 0. The fraction of sp³-hybridized carbons (Fsp3) is 0.200. The molecule has 96 valence electrons. The molecule has 4 heteroatoms. The van der Waals surface area contributed by atoms with Crippen LogP contribution in [0.15, 0.2) is 41.5 Å². The SMILES string of the molecule is CN(C)c1ccc(C(=O)C#CN2C=CC=NC2)cc1. The highest BCUT2D eigenvalue weighted by Gasteiger charge is 2.03. The van der Waals surface area contributed by atoms with Crippen LogP contribution in [0.5, 0.6) is 0 Å². The van der Waals surface area contributed by atoms with Crippen molar-refractivity contribution in [3.05, 3.63) is 42.1 Å². The normalized spacial score (nSPS) is 12.8. The zero-order chi connectivity index (χ0) is 13.7. The average Bonchev–Trinajstić information content (AvgIpc) is 2.46. The lowest BCUT2D eigenvalue weighted by atomic mass is 10.1. The van der Waals surface area contributed by atoms with Gasteiger partial charge in [-0.15, -0.1) is 0 Å². The summed E-state index contributed by atoms with van der Waals surface area (Å²) >= 11 is 0. The molecule has 0 aromatic heterocycles. The van der Waals surface area contributed by atoms with Crippen LogP contribution < -0.4 is 4.90 Å². The largest absolute Gasteiger partial charge is 0.378 e. The maximum atomic E-state index is 11.9. The number of carbonyl (C=O) groups excluding carboxylic acids is 1. The van der Waals surface area contributed by atoms with Gasteiger partial charge in [0.2, 0.25) is 5.78 Å². The summed E-state index contributed by atoms with van der Waals surface area (Å²) in [4.78, 5) is 19.6. The zero-order valence-electron chi connectivity index (χ0n) is 11.0. The van der Waals surface area contributed by atoms with E-state index >= 15 is 0 Å². The molecule has 1 aliphatic heterocycles. The minimum absolute atomic E-state index is 0.187. The minimum atomic E-state index is -0.187. The summed E-state index contributed by atoms with van der Waals surface area (Å²) in [6.45, 7) is 0.469. The molecule has 0 aliphatic carbocycles. The number of carbonyl (C=O) groups is 1. The van der Waals surface area contributed by atoms with Gasteiger partial charge in [-0.3, -0.25) is 14.7 Å². The van der Waals surface area contributed by atoms with Crippen LogP contribution in [0.1, 0.15) is 10.4 Å². The van der Waals surface area contributed by atoms with Crippen molar-refractivity contribution in [1.82, 2.24) is 4.90 Å². The van der Waals surface area contributed by atoms with Crippen molar-refractivity contribution in [2.45, 2.75) is 0 Å². The third-order valence-corrected chi connectivity index (χ3v) is 2.65. The Morgan fingerprint density at radius 2 is 2.05 bits per heavy atom. The van der Waals surface area contributed by atoms with Gasteiger partial charge in [-0.05, 0) is 30.3 Å². The molecule has 1 aromatic carbocycles. The van der Waals surface area contributed by atoms with Crippen molar-refractivity contribution >= 4 is 17.7 Å². The summed E-state index contributed by atoms with van der Waals surface area (Å²) in [5.41, 5.74) is 1.65.